The molecule has 0 rings (SSSR count). The Morgan fingerprint density at radius 2 is 1.02 bits per heavy atom. The Morgan fingerprint density at radius 1 is 0.579 bits per heavy atom. The summed E-state index contributed by atoms with van der Waals surface area (Å²) in [5.74, 6) is -2.41. The van der Waals surface area contributed by atoms with Crippen molar-refractivity contribution < 1.29 is 47.8 Å². The zero-order valence-corrected chi connectivity index (χ0v) is 36.0. The number of carboxylic acids is 1. The molecule has 0 aromatic heterocycles. The normalized spacial score (nSPS) is 14.5. The number of hydrogen-bond donors (Lipinski definition) is 4. The summed E-state index contributed by atoms with van der Waals surface area (Å²) in [6.45, 7) is 2.37. The van der Waals surface area contributed by atoms with Crippen LogP contribution >= 0.6 is 7.82 Å². The van der Waals surface area contributed by atoms with Gasteiger partial charge in [0, 0.05) is 12.8 Å². The number of hydrogen-bond acceptors (Lipinski definition) is 8. The minimum Gasteiger partial charge on any atom is -0.480 e. The molecule has 3 unspecified atom stereocenters. The monoisotopic (exact) mass is 822 g/mol. The van der Waals surface area contributed by atoms with Crippen LogP contribution in [0.3, 0.4) is 0 Å². The van der Waals surface area contributed by atoms with Gasteiger partial charge in [0.05, 0.1) is 13.2 Å². The van der Waals surface area contributed by atoms with Gasteiger partial charge >= 0.3 is 19.8 Å². The van der Waals surface area contributed by atoms with Gasteiger partial charge in [0.25, 0.3) is 0 Å². The number of allylic oxidation sites excluding steroid dienone is 12. The van der Waals surface area contributed by atoms with E-state index in [1.165, 1.54) is 12.8 Å². The van der Waals surface area contributed by atoms with Crippen LogP contribution in [0.25, 0.3) is 0 Å². The molecule has 0 heterocycles. The van der Waals surface area contributed by atoms with Crippen molar-refractivity contribution in [1.29, 1.82) is 0 Å². The van der Waals surface area contributed by atoms with Crippen molar-refractivity contribution in [3.8, 4) is 0 Å². The number of aliphatic hydroxyl groups is 1. The first-order valence-corrected chi connectivity index (χ1v) is 23.0. The van der Waals surface area contributed by atoms with Crippen LogP contribution in [0.4, 0.5) is 0 Å². The Labute approximate surface area is 344 Å². The standard InChI is InChI=1S/C45H76NO10P/c1-3-5-7-9-11-13-15-16-17-18-19-20-21-22-23-24-25-26-27-29-31-33-35-37-44(49)54-38-41(47)39-55-57(52,53)56-40-42(45(50)51)46-43(48)36-34-32-30-28-14-12-10-8-6-4-2/h5,7-8,10-11,13,16-17,19-20,22-23,41-42,47H,3-4,6,9,12,14-15,18,21,24-40H2,1-2H3,(H,46,48)(H,50,51)(H,52,53)/b7-5-,10-8-,13-11-,17-16-,20-19-,23-22-. The Bertz CT molecular complexity index is 1240. The Morgan fingerprint density at radius 3 is 1.54 bits per heavy atom. The van der Waals surface area contributed by atoms with Gasteiger partial charge in [-0.15, -0.1) is 0 Å². The lowest BCUT2D eigenvalue weighted by molar-refractivity contribution is -0.147. The molecule has 1 amide bonds. The largest absolute Gasteiger partial charge is 0.480 e. The van der Waals surface area contributed by atoms with Crippen LogP contribution in [0.5, 0.6) is 0 Å². The molecule has 57 heavy (non-hydrogen) atoms. The number of aliphatic hydroxyl groups excluding tert-OH is 1. The molecule has 0 aliphatic rings. The maximum absolute atomic E-state index is 12.2. The third-order valence-electron chi connectivity index (χ3n) is 8.71. The lowest BCUT2D eigenvalue weighted by Gasteiger charge is -2.18. The first-order valence-electron chi connectivity index (χ1n) is 21.5. The maximum atomic E-state index is 12.2. The number of esters is 1. The fourth-order valence-electron chi connectivity index (χ4n) is 5.40. The van der Waals surface area contributed by atoms with Crippen molar-refractivity contribution in [1.82, 2.24) is 5.32 Å². The third kappa shape index (κ3) is 39.5. The maximum Gasteiger partial charge on any atom is 0.472 e. The molecule has 12 heteroatoms. The van der Waals surface area contributed by atoms with Crippen molar-refractivity contribution in [2.45, 2.75) is 174 Å². The van der Waals surface area contributed by atoms with E-state index in [9.17, 15) is 34.1 Å². The number of phosphoric ester groups is 1. The van der Waals surface area contributed by atoms with Gasteiger partial charge < -0.3 is 25.2 Å². The number of unbranched alkanes of at least 4 members (excludes halogenated alkanes) is 13. The second-order valence-electron chi connectivity index (χ2n) is 14.1. The lowest BCUT2D eigenvalue weighted by Crippen LogP contribution is -2.43. The molecule has 0 bridgehead atoms. The van der Waals surface area contributed by atoms with Crippen LogP contribution in [0, 0.1) is 0 Å². The van der Waals surface area contributed by atoms with E-state index in [2.05, 4.69) is 92.1 Å². The Balaban J connectivity index is 3.89. The van der Waals surface area contributed by atoms with Gasteiger partial charge in [-0.3, -0.25) is 18.6 Å². The van der Waals surface area contributed by atoms with Crippen molar-refractivity contribution in [2.24, 2.45) is 0 Å². The molecule has 11 nitrogen and oxygen atoms in total. The van der Waals surface area contributed by atoms with Crippen molar-refractivity contribution in [3.05, 3.63) is 72.9 Å². The fraction of sp³-hybridized carbons (Fsp3) is 0.667. The molecule has 0 radical (unpaired) electrons. The third-order valence-corrected chi connectivity index (χ3v) is 9.66. The number of amides is 1. The van der Waals surface area contributed by atoms with Gasteiger partial charge in [-0.25, -0.2) is 9.36 Å². The molecule has 0 saturated heterocycles. The quantitative estimate of drug-likeness (QED) is 0.0203. The molecule has 0 aromatic carbocycles. The van der Waals surface area contributed by atoms with Crippen molar-refractivity contribution in [3.63, 3.8) is 0 Å². The van der Waals surface area contributed by atoms with Crippen LogP contribution in [0.1, 0.15) is 162 Å². The Kier molecular flexibility index (Phi) is 37.6. The topological polar surface area (TPSA) is 169 Å². The van der Waals surface area contributed by atoms with Gasteiger partial charge in [-0.05, 0) is 77.0 Å². The van der Waals surface area contributed by atoms with Crippen LogP contribution in [0.15, 0.2) is 72.9 Å². The van der Waals surface area contributed by atoms with Crippen molar-refractivity contribution in [2.75, 3.05) is 19.8 Å². The summed E-state index contributed by atoms with van der Waals surface area (Å²) in [6, 6.07) is -1.55. The second-order valence-corrected chi connectivity index (χ2v) is 15.6. The van der Waals surface area contributed by atoms with Crippen molar-refractivity contribution >= 4 is 25.7 Å². The summed E-state index contributed by atoms with van der Waals surface area (Å²) in [6.07, 6.45) is 46.6. The van der Waals surface area contributed by atoms with Crippen LogP contribution in [-0.2, 0) is 32.7 Å². The molecular weight excluding hydrogens is 745 g/mol. The van der Waals surface area contributed by atoms with Crippen LogP contribution in [0.2, 0.25) is 0 Å². The van der Waals surface area contributed by atoms with E-state index in [1.54, 1.807) is 0 Å². The zero-order chi connectivity index (χ0) is 42.1. The van der Waals surface area contributed by atoms with E-state index in [-0.39, 0.29) is 12.8 Å². The molecular formula is C45H76NO10P. The minimum atomic E-state index is -4.76. The number of aliphatic carboxylic acids is 1. The van der Waals surface area contributed by atoms with E-state index >= 15 is 0 Å². The second kappa shape index (κ2) is 39.7. The molecule has 0 fully saturated rings. The average molecular weight is 822 g/mol. The molecule has 0 spiro atoms. The molecule has 0 aromatic rings. The highest BCUT2D eigenvalue weighted by molar-refractivity contribution is 7.47. The summed E-state index contributed by atoms with van der Waals surface area (Å²) in [4.78, 5) is 45.8. The predicted molar refractivity (Wildman–Crippen MR) is 231 cm³/mol. The molecule has 3 atom stereocenters. The van der Waals surface area contributed by atoms with Gasteiger partial charge in [-0.1, -0.05) is 145 Å². The summed E-state index contributed by atoms with van der Waals surface area (Å²) >= 11 is 0. The number of nitrogens with one attached hydrogen (secondary N) is 1. The lowest BCUT2D eigenvalue weighted by atomic mass is 10.1. The molecule has 0 aliphatic carbocycles. The van der Waals surface area contributed by atoms with Gasteiger partial charge in [0.2, 0.25) is 5.91 Å². The number of carbonyl (C=O) groups is 3. The highest BCUT2D eigenvalue weighted by Gasteiger charge is 2.28. The van der Waals surface area contributed by atoms with Gasteiger partial charge in [0.1, 0.15) is 12.7 Å². The van der Waals surface area contributed by atoms with Crippen LogP contribution < -0.4 is 5.32 Å². The summed E-state index contributed by atoms with van der Waals surface area (Å²) in [5.41, 5.74) is 0. The fourth-order valence-corrected chi connectivity index (χ4v) is 6.17. The number of carboxylic acid groups (broad SMARTS) is 1. The smallest absolute Gasteiger partial charge is 0.472 e. The van der Waals surface area contributed by atoms with Gasteiger partial charge in [0.15, 0.2) is 6.04 Å². The summed E-state index contributed by atoms with van der Waals surface area (Å²) in [5, 5.41) is 21.8. The zero-order valence-electron chi connectivity index (χ0n) is 35.1. The number of phosphoric acid groups is 1. The number of rotatable bonds is 39. The van der Waals surface area contributed by atoms with Gasteiger partial charge in [-0.2, -0.15) is 0 Å². The van der Waals surface area contributed by atoms with E-state index in [4.69, 9.17) is 13.8 Å². The Hall–Kier alpha value is -3.08. The SMILES string of the molecule is CC/C=C\C/C=C\C/C=C\C/C=C\C/C=C\CCCCCCCCCC(=O)OCC(O)COP(=O)(O)OCC(NC(=O)CCCCCCC/C=C\CCC)C(=O)O. The average Bonchev–Trinajstić information content (AvgIpc) is 3.18. The predicted octanol–water partition coefficient (Wildman–Crippen LogP) is 10.9. The highest BCUT2D eigenvalue weighted by Crippen LogP contribution is 2.43. The van der Waals surface area contributed by atoms with E-state index < -0.39 is 57.6 Å². The molecule has 326 valence electrons. The number of carbonyl (C=O) groups excluding carboxylic acids is 2. The van der Waals surface area contributed by atoms with E-state index in [1.807, 2.05) is 0 Å². The molecule has 0 saturated carbocycles. The van der Waals surface area contributed by atoms with E-state index in [0.717, 1.165) is 109 Å². The highest BCUT2D eigenvalue weighted by atomic mass is 31.2. The summed E-state index contributed by atoms with van der Waals surface area (Å²) in [7, 11) is -4.76. The van der Waals surface area contributed by atoms with E-state index in [0.29, 0.717) is 12.8 Å². The first-order chi connectivity index (χ1) is 27.6. The molecule has 4 N–H and O–H groups in total. The number of ether oxygens (including phenoxy) is 1. The minimum absolute atomic E-state index is 0.131. The summed E-state index contributed by atoms with van der Waals surface area (Å²) < 4.78 is 26.8. The van der Waals surface area contributed by atoms with Crippen LogP contribution in [-0.4, -0.2) is 64.9 Å². The first kappa shape index (κ1) is 53.9. The molecule has 0 aliphatic heterocycles.